The summed E-state index contributed by atoms with van der Waals surface area (Å²) in [6.07, 6.45) is 15.8. The van der Waals surface area contributed by atoms with Crippen molar-refractivity contribution in [3.05, 3.63) is 11.9 Å². The number of nitrogens with zero attached hydrogens (tertiary/aromatic N) is 3. The summed E-state index contributed by atoms with van der Waals surface area (Å²) < 4.78 is 8.03. The van der Waals surface area contributed by atoms with Crippen molar-refractivity contribution in [2.45, 2.75) is 122 Å². The van der Waals surface area contributed by atoms with Crippen LogP contribution in [0.25, 0.3) is 0 Å². The number of hydrogen-bond acceptors (Lipinski definition) is 5. The Hall–Kier alpha value is -1.43. The number of hydrogen-bond donors (Lipinski definition) is 1. The van der Waals surface area contributed by atoms with Crippen molar-refractivity contribution in [2.75, 3.05) is 0 Å². The number of fused-ring (bicyclic) bond motifs is 5. The van der Waals surface area contributed by atoms with Crippen LogP contribution in [-0.2, 0) is 9.53 Å². The second-order valence-electron chi connectivity index (χ2n) is 13.0. The molecular weight excluding hydrogens is 426 g/mol. The minimum absolute atomic E-state index is 0.0785. The topological polar surface area (TPSA) is 77.2 Å². The zero-order valence-corrected chi connectivity index (χ0v) is 21.3. The molecule has 0 unspecified atom stereocenters. The molecule has 34 heavy (non-hydrogen) atoms. The Labute approximate surface area is 204 Å². The number of aromatic nitrogens is 3. The Kier molecular flexibility index (Phi) is 5.62. The number of ether oxygens (including phenoxy) is 1. The van der Waals surface area contributed by atoms with Crippen LogP contribution in [0, 0.1) is 34.5 Å². The third kappa shape index (κ3) is 3.41. The lowest BCUT2D eigenvalue weighted by Gasteiger charge is -2.62. The first-order valence-electron chi connectivity index (χ1n) is 14.1. The van der Waals surface area contributed by atoms with Gasteiger partial charge in [-0.2, -0.15) is 0 Å². The maximum Gasteiger partial charge on any atom is 0.302 e. The fourth-order valence-corrected chi connectivity index (χ4v) is 9.89. The molecule has 188 valence electrons. The maximum atomic E-state index is 11.8. The molecule has 1 heterocycles. The van der Waals surface area contributed by atoms with E-state index < -0.39 is 0 Å². The number of carbonyl (C=O) groups is 1. The maximum absolute atomic E-state index is 11.8. The van der Waals surface area contributed by atoms with Crippen molar-refractivity contribution in [1.29, 1.82) is 0 Å². The molecule has 0 spiro atoms. The van der Waals surface area contributed by atoms with Crippen molar-refractivity contribution >= 4 is 5.97 Å². The lowest BCUT2D eigenvalue weighted by Crippen LogP contribution is -2.58. The van der Waals surface area contributed by atoms with Crippen molar-refractivity contribution < 1.29 is 14.6 Å². The minimum atomic E-state index is -0.243. The summed E-state index contributed by atoms with van der Waals surface area (Å²) in [5.74, 6) is 2.92. The highest BCUT2D eigenvalue weighted by Gasteiger charge is 2.63. The van der Waals surface area contributed by atoms with Gasteiger partial charge >= 0.3 is 5.97 Å². The molecule has 0 saturated heterocycles. The summed E-state index contributed by atoms with van der Waals surface area (Å²) in [7, 11) is 0. The van der Waals surface area contributed by atoms with E-state index in [0.717, 1.165) is 25.7 Å². The molecule has 5 aliphatic rings. The van der Waals surface area contributed by atoms with E-state index in [2.05, 4.69) is 29.8 Å². The van der Waals surface area contributed by atoms with Gasteiger partial charge in [-0.25, -0.2) is 4.68 Å². The average molecular weight is 470 g/mol. The van der Waals surface area contributed by atoms with Gasteiger partial charge in [0.05, 0.1) is 17.8 Å². The summed E-state index contributed by atoms with van der Waals surface area (Å²) in [5, 5.41) is 20.3. The fourth-order valence-electron chi connectivity index (χ4n) is 9.89. The Morgan fingerprint density at radius 1 is 1.06 bits per heavy atom. The van der Waals surface area contributed by atoms with E-state index in [-0.39, 0.29) is 35.0 Å². The van der Waals surface area contributed by atoms with Crippen molar-refractivity contribution in [3.8, 4) is 0 Å². The molecule has 9 atom stereocenters. The second-order valence-corrected chi connectivity index (χ2v) is 13.0. The summed E-state index contributed by atoms with van der Waals surface area (Å²) in [6, 6.07) is 0.215. The summed E-state index contributed by atoms with van der Waals surface area (Å²) in [4.78, 5) is 11.8. The van der Waals surface area contributed by atoms with Gasteiger partial charge in [-0.15, -0.1) is 5.10 Å². The Morgan fingerprint density at radius 2 is 1.85 bits per heavy atom. The summed E-state index contributed by atoms with van der Waals surface area (Å²) in [6.45, 7) is 6.49. The largest absolute Gasteiger partial charge is 0.462 e. The Bertz CT molecular complexity index is 926. The fraction of sp³-hybridized carbons (Fsp3) is 0.893. The molecule has 0 aliphatic heterocycles. The van der Waals surface area contributed by atoms with Crippen LogP contribution < -0.4 is 0 Å². The zero-order chi connectivity index (χ0) is 23.7. The molecule has 6 heteroatoms. The SMILES string of the molecule is CC(=O)O[C@H]1CC[C@H]2[C@@H]3CC[C@H]4C[C@@H](O)C[C@H](n5cc(C6CCCC6)nn5)[C@]4(C)[C@H]3CC[C@]12C. The lowest BCUT2D eigenvalue weighted by molar-refractivity contribution is -0.171. The van der Waals surface area contributed by atoms with Gasteiger partial charge in [0.2, 0.25) is 0 Å². The number of aliphatic hydroxyl groups excluding tert-OH is 1. The van der Waals surface area contributed by atoms with Crippen LogP contribution in [0.3, 0.4) is 0 Å². The first-order valence-corrected chi connectivity index (χ1v) is 14.1. The van der Waals surface area contributed by atoms with E-state index in [4.69, 9.17) is 9.95 Å². The van der Waals surface area contributed by atoms with E-state index in [1.807, 2.05) is 0 Å². The highest BCUT2D eigenvalue weighted by Crippen LogP contribution is 2.68. The predicted octanol–water partition coefficient (Wildman–Crippen LogP) is 5.42. The van der Waals surface area contributed by atoms with Crippen molar-refractivity contribution in [2.24, 2.45) is 34.5 Å². The quantitative estimate of drug-likeness (QED) is 0.598. The number of carbonyl (C=O) groups excluding carboxylic acids is 1. The highest BCUT2D eigenvalue weighted by atomic mass is 16.5. The Balaban J connectivity index is 1.31. The number of esters is 1. The molecule has 0 amide bonds. The monoisotopic (exact) mass is 469 g/mol. The standard InChI is InChI=1S/C28H43N3O3/c1-17(32)34-26-11-10-22-21-9-8-19-14-20(33)15-25(28(19,3)23(21)12-13-27(22,26)2)31-16-24(29-30-31)18-6-4-5-7-18/h16,18-23,25-26,33H,4-15H2,1-3H3/t19-,20+,21-,22-,23-,25-,26-,27-,28-/m0/s1. The van der Waals surface area contributed by atoms with Crippen LogP contribution >= 0.6 is 0 Å². The third-order valence-corrected chi connectivity index (χ3v) is 11.6. The highest BCUT2D eigenvalue weighted by molar-refractivity contribution is 5.66. The Morgan fingerprint density at radius 3 is 2.62 bits per heavy atom. The van der Waals surface area contributed by atoms with Crippen molar-refractivity contribution in [1.82, 2.24) is 15.0 Å². The van der Waals surface area contributed by atoms with E-state index >= 15 is 0 Å². The molecule has 1 aromatic rings. The molecule has 6 rings (SSSR count). The van der Waals surface area contributed by atoms with Crippen LogP contribution in [-0.4, -0.2) is 38.3 Å². The van der Waals surface area contributed by atoms with Crippen LogP contribution in [0.5, 0.6) is 0 Å². The molecule has 0 aromatic carbocycles. The van der Waals surface area contributed by atoms with Gasteiger partial charge in [0.15, 0.2) is 0 Å². The van der Waals surface area contributed by atoms with E-state index in [9.17, 15) is 9.90 Å². The van der Waals surface area contributed by atoms with Gasteiger partial charge in [-0.05, 0) is 93.3 Å². The molecule has 5 saturated carbocycles. The molecule has 5 fully saturated rings. The van der Waals surface area contributed by atoms with E-state index in [1.54, 1.807) is 6.92 Å². The predicted molar refractivity (Wildman–Crippen MR) is 129 cm³/mol. The zero-order valence-electron chi connectivity index (χ0n) is 21.3. The van der Waals surface area contributed by atoms with Gasteiger partial charge < -0.3 is 9.84 Å². The molecule has 0 radical (unpaired) electrons. The van der Waals surface area contributed by atoms with Crippen LogP contribution in [0.15, 0.2) is 6.20 Å². The van der Waals surface area contributed by atoms with Crippen LogP contribution in [0.2, 0.25) is 0 Å². The molecule has 1 aromatic heterocycles. The molecule has 6 nitrogen and oxygen atoms in total. The van der Waals surface area contributed by atoms with E-state index in [1.165, 1.54) is 57.1 Å². The molecule has 5 aliphatic carbocycles. The second kappa shape index (κ2) is 8.31. The van der Waals surface area contributed by atoms with Gasteiger partial charge in [0, 0.05) is 24.5 Å². The molecular formula is C28H43N3O3. The smallest absolute Gasteiger partial charge is 0.302 e. The minimum Gasteiger partial charge on any atom is -0.462 e. The van der Waals surface area contributed by atoms with Gasteiger partial charge in [0.1, 0.15) is 6.10 Å². The number of aliphatic hydroxyl groups is 1. The van der Waals surface area contributed by atoms with Gasteiger partial charge in [-0.3, -0.25) is 4.79 Å². The molecule has 1 N–H and O–H groups in total. The van der Waals surface area contributed by atoms with Crippen molar-refractivity contribution in [3.63, 3.8) is 0 Å². The molecule has 0 bridgehead atoms. The third-order valence-electron chi connectivity index (χ3n) is 11.6. The van der Waals surface area contributed by atoms with Crippen LogP contribution in [0.4, 0.5) is 0 Å². The normalized spacial score (nSPS) is 46.5. The summed E-state index contributed by atoms with van der Waals surface area (Å²) >= 11 is 0. The first kappa shape index (κ1) is 23.0. The lowest BCUT2D eigenvalue weighted by atomic mass is 9.44. The first-order chi connectivity index (χ1) is 16.3. The van der Waals surface area contributed by atoms with E-state index in [0.29, 0.717) is 29.6 Å². The summed E-state index contributed by atoms with van der Waals surface area (Å²) in [5.41, 5.74) is 1.41. The number of rotatable bonds is 3. The van der Waals surface area contributed by atoms with Crippen LogP contribution in [0.1, 0.15) is 115 Å². The van der Waals surface area contributed by atoms with Gasteiger partial charge in [-0.1, -0.05) is 31.9 Å². The average Bonchev–Trinajstić information content (AvgIpc) is 3.54. The van der Waals surface area contributed by atoms with Gasteiger partial charge in [0.25, 0.3) is 0 Å².